The van der Waals surface area contributed by atoms with Crippen molar-refractivity contribution in [3.63, 3.8) is 0 Å². The number of allylic oxidation sites excluding steroid dienone is 5. The summed E-state index contributed by atoms with van der Waals surface area (Å²) in [6.45, 7) is 0. The van der Waals surface area contributed by atoms with Crippen LogP contribution in [0.25, 0.3) is 78.3 Å². The zero-order valence-corrected chi connectivity index (χ0v) is 33.3. The molecule has 11 rings (SSSR count). The lowest BCUT2D eigenvalue weighted by atomic mass is 9.71. The van der Waals surface area contributed by atoms with Gasteiger partial charge >= 0.3 is 0 Å². The summed E-state index contributed by atoms with van der Waals surface area (Å²) >= 11 is 1.77. The minimum Gasteiger partial charge on any atom is -0.264 e. The lowest BCUT2D eigenvalue weighted by Gasteiger charge is -2.32. The minimum absolute atomic E-state index is 0.564. The molecule has 1 unspecified atom stereocenters. The normalized spacial score (nSPS) is 16.7. The molecule has 3 heterocycles. The van der Waals surface area contributed by atoms with Crippen molar-refractivity contribution in [1.82, 2.24) is 19.9 Å². The van der Waals surface area contributed by atoms with Gasteiger partial charge in [-0.15, -0.1) is 0 Å². The van der Waals surface area contributed by atoms with Gasteiger partial charge in [0.2, 0.25) is 0 Å². The molecule has 1 spiro atoms. The molecule has 0 N–H and O–H groups in total. The highest BCUT2D eigenvalue weighted by Gasteiger charge is 2.44. The van der Waals surface area contributed by atoms with E-state index in [0.717, 1.165) is 33.2 Å². The predicted octanol–water partition coefficient (Wildman–Crippen LogP) is 13.8. The van der Waals surface area contributed by atoms with Crippen molar-refractivity contribution >= 4 is 22.5 Å². The average molecular weight is 785 g/mol. The van der Waals surface area contributed by atoms with Gasteiger partial charge in [-0.2, -0.15) is 0 Å². The van der Waals surface area contributed by atoms with E-state index in [-0.39, 0.29) is 0 Å². The van der Waals surface area contributed by atoms with E-state index in [9.17, 15) is 0 Å². The number of benzene rings is 7. The van der Waals surface area contributed by atoms with Crippen LogP contribution in [-0.2, 0) is 5.41 Å². The van der Waals surface area contributed by atoms with Crippen LogP contribution in [0.1, 0.15) is 16.7 Å². The molecular formula is C55H36N4S. The standard InChI is InChI=1S/C55H36N4S/c1-2-12-33-60-51-21-10-9-20-48(51)55(31-11-1)49-34-42(26-28-45(49)46-29-27-43(35-50(46)55)44-19-13-18-38-30-32-56-36-47(38)44)37-22-24-41(25-23-37)54-58-52(39-14-5-3-6-15-39)57-53(59-54)40-16-7-4-8-17-40/h1-36H/b2-1-,31-11+,33-12+. The van der Waals surface area contributed by atoms with Crippen molar-refractivity contribution in [1.29, 1.82) is 0 Å². The van der Waals surface area contributed by atoms with Crippen LogP contribution in [0.3, 0.4) is 0 Å². The molecule has 282 valence electrons. The Morgan fingerprint density at radius 1 is 0.400 bits per heavy atom. The van der Waals surface area contributed by atoms with Crippen molar-refractivity contribution in [3.05, 3.63) is 235 Å². The third-order valence-corrected chi connectivity index (χ3v) is 12.5. The Morgan fingerprint density at radius 3 is 1.70 bits per heavy atom. The van der Waals surface area contributed by atoms with Crippen LogP contribution in [0.2, 0.25) is 0 Å². The number of thioether (sulfide) groups is 1. The molecule has 2 aliphatic rings. The summed E-state index contributed by atoms with van der Waals surface area (Å²) in [5.41, 5.74) is 13.1. The molecule has 9 aromatic rings. The Kier molecular flexibility index (Phi) is 8.94. The number of fused-ring (bicyclic) bond motifs is 8. The maximum atomic E-state index is 4.98. The number of aromatic nitrogens is 4. The Labute approximate surface area is 353 Å². The molecule has 7 aromatic carbocycles. The number of nitrogens with zero attached hydrogens (tertiary/aromatic N) is 4. The maximum absolute atomic E-state index is 4.98. The summed E-state index contributed by atoms with van der Waals surface area (Å²) < 4.78 is 0. The summed E-state index contributed by atoms with van der Waals surface area (Å²) in [5, 5.41) is 4.50. The molecule has 1 aliphatic carbocycles. The van der Waals surface area contributed by atoms with Crippen molar-refractivity contribution < 1.29 is 0 Å². The SMILES string of the molecule is C1=C\C=C\C2(c3ccccc3S/C=C/1)c1cc(-c3ccc(-c4nc(-c5ccccc5)nc(-c5ccccc5)n4)cc3)ccc1-c1ccc(-c3cccc4ccncc34)cc12. The minimum atomic E-state index is -0.564. The average Bonchev–Trinajstić information content (AvgIpc) is 3.60. The van der Waals surface area contributed by atoms with E-state index in [1.54, 1.807) is 11.8 Å². The monoisotopic (exact) mass is 784 g/mol. The van der Waals surface area contributed by atoms with Crippen LogP contribution in [0.5, 0.6) is 0 Å². The smallest absolute Gasteiger partial charge is 0.164 e. The van der Waals surface area contributed by atoms with Gasteiger partial charge in [-0.05, 0) is 85.1 Å². The van der Waals surface area contributed by atoms with E-state index in [1.807, 2.05) is 73.1 Å². The molecule has 4 nitrogen and oxygen atoms in total. The molecule has 0 bridgehead atoms. The molecule has 1 aliphatic heterocycles. The second-order valence-electron chi connectivity index (χ2n) is 15.0. The fraction of sp³-hybridized carbons (Fsp3) is 0.0182. The second kappa shape index (κ2) is 15.0. The zero-order chi connectivity index (χ0) is 39.9. The van der Waals surface area contributed by atoms with Crippen molar-refractivity contribution in [2.45, 2.75) is 10.3 Å². The summed E-state index contributed by atoms with van der Waals surface area (Å²) in [6.07, 6.45) is 14.8. The number of rotatable bonds is 5. The van der Waals surface area contributed by atoms with Crippen LogP contribution < -0.4 is 0 Å². The fourth-order valence-electron chi connectivity index (χ4n) is 8.76. The van der Waals surface area contributed by atoms with Gasteiger partial charge in [-0.1, -0.05) is 188 Å². The van der Waals surface area contributed by atoms with Crippen LogP contribution in [0.4, 0.5) is 0 Å². The number of pyridine rings is 1. The Bertz CT molecular complexity index is 3110. The van der Waals surface area contributed by atoms with Gasteiger partial charge in [-0.3, -0.25) is 4.98 Å². The first-order valence-corrected chi connectivity index (χ1v) is 21.0. The van der Waals surface area contributed by atoms with Crippen LogP contribution in [0.15, 0.2) is 223 Å². The van der Waals surface area contributed by atoms with E-state index in [4.69, 9.17) is 15.0 Å². The summed E-state index contributed by atoms with van der Waals surface area (Å²) in [4.78, 5) is 20.6. The lowest BCUT2D eigenvalue weighted by molar-refractivity contribution is 0.783. The fourth-order valence-corrected chi connectivity index (χ4v) is 9.59. The van der Waals surface area contributed by atoms with Gasteiger partial charge < -0.3 is 0 Å². The third-order valence-electron chi connectivity index (χ3n) is 11.6. The van der Waals surface area contributed by atoms with Gasteiger partial charge in [-0.25, -0.2) is 15.0 Å². The van der Waals surface area contributed by atoms with Gasteiger partial charge in [0.05, 0.1) is 5.41 Å². The molecule has 1 atom stereocenters. The highest BCUT2D eigenvalue weighted by Crippen LogP contribution is 2.57. The highest BCUT2D eigenvalue weighted by atomic mass is 32.2. The maximum Gasteiger partial charge on any atom is 0.164 e. The largest absolute Gasteiger partial charge is 0.264 e. The van der Waals surface area contributed by atoms with Crippen molar-refractivity contribution in [2.75, 3.05) is 0 Å². The number of hydrogen-bond donors (Lipinski definition) is 0. The van der Waals surface area contributed by atoms with Crippen LogP contribution in [0, 0.1) is 0 Å². The van der Waals surface area contributed by atoms with Gasteiger partial charge in [0, 0.05) is 39.4 Å². The molecule has 2 aromatic heterocycles. The predicted molar refractivity (Wildman–Crippen MR) is 247 cm³/mol. The topological polar surface area (TPSA) is 51.6 Å². The van der Waals surface area contributed by atoms with Gasteiger partial charge in [0.1, 0.15) is 0 Å². The first-order valence-electron chi connectivity index (χ1n) is 20.1. The Hall–Kier alpha value is -7.47. The molecule has 0 fully saturated rings. The quantitative estimate of drug-likeness (QED) is 0.174. The molecule has 60 heavy (non-hydrogen) atoms. The lowest BCUT2D eigenvalue weighted by Crippen LogP contribution is -2.25. The Morgan fingerprint density at radius 2 is 0.983 bits per heavy atom. The summed E-state index contributed by atoms with van der Waals surface area (Å²) in [6, 6.07) is 60.3. The van der Waals surface area contributed by atoms with Crippen molar-refractivity contribution in [2.24, 2.45) is 0 Å². The Balaban J connectivity index is 1.06. The molecular weight excluding hydrogens is 749 g/mol. The van der Waals surface area contributed by atoms with Gasteiger partial charge in [0.15, 0.2) is 17.5 Å². The van der Waals surface area contributed by atoms with E-state index >= 15 is 0 Å². The summed E-state index contributed by atoms with van der Waals surface area (Å²) in [7, 11) is 0. The van der Waals surface area contributed by atoms with Crippen LogP contribution in [-0.4, -0.2) is 19.9 Å². The van der Waals surface area contributed by atoms with E-state index < -0.39 is 5.41 Å². The molecule has 0 radical (unpaired) electrons. The molecule has 0 saturated heterocycles. The van der Waals surface area contributed by atoms with Crippen LogP contribution >= 0.6 is 11.8 Å². The van der Waals surface area contributed by atoms with Gasteiger partial charge in [0.25, 0.3) is 0 Å². The molecule has 5 heteroatoms. The highest BCUT2D eigenvalue weighted by molar-refractivity contribution is 8.02. The zero-order valence-electron chi connectivity index (χ0n) is 32.5. The first-order chi connectivity index (χ1) is 29.7. The van der Waals surface area contributed by atoms with E-state index in [1.165, 1.54) is 49.2 Å². The van der Waals surface area contributed by atoms with E-state index in [0.29, 0.717) is 17.5 Å². The first kappa shape index (κ1) is 35.7. The van der Waals surface area contributed by atoms with Crippen molar-refractivity contribution in [3.8, 4) is 67.5 Å². The second-order valence-corrected chi connectivity index (χ2v) is 16.0. The number of hydrogen-bond acceptors (Lipinski definition) is 5. The summed E-state index contributed by atoms with van der Waals surface area (Å²) in [5.74, 6) is 1.93. The third kappa shape index (κ3) is 6.19. The van der Waals surface area contributed by atoms with E-state index in [2.05, 4.69) is 150 Å². The molecule has 0 amide bonds. The molecule has 0 saturated carbocycles.